The molecule has 0 saturated carbocycles. The van der Waals surface area contributed by atoms with Gasteiger partial charge in [0, 0.05) is 12.3 Å². The zero-order chi connectivity index (χ0) is 7.28. The first kappa shape index (κ1) is 8.62. The van der Waals surface area contributed by atoms with Crippen LogP contribution in [-0.2, 0) is 4.18 Å². The van der Waals surface area contributed by atoms with Gasteiger partial charge in [-0.1, -0.05) is 0 Å². The minimum absolute atomic E-state index is 0.143. The molecule has 1 N–H and O–H groups in total. The van der Waals surface area contributed by atoms with Crippen LogP contribution in [0.4, 0.5) is 4.79 Å². The maximum absolute atomic E-state index is 10.5. The van der Waals surface area contributed by atoms with E-state index in [0.29, 0.717) is 0 Å². The van der Waals surface area contributed by atoms with Crippen molar-refractivity contribution < 1.29 is 8.98 Å². The third kappa shape index (κ3) is 5.49. The second-order valence-electron chi connectivity index (χ2n) is 1.84. The molecule has 0 aromatic carbocycles. The molecule has 54 valence electrons. The molecule has 0 fully saturated rings. The van der Waals surface area contributed by atoms with Crippen molar-refractivity contribution in [1.29, 1.82) is 0 Å². The van der Waals surface area contributed by atoms with Crippen molar-refractivity contribution in [1.82, 2.24) is 5.32 Å². The molecule has 0 spiro atoms. The van der Waals surface area contributed by atoms with Crippen LogP contribution in [0.5, 0.6) is 0 Å². The quantitative estimate of drug-likeness (QED) is 0.603. The van der Waals surface area contributed by atoms with Crippen LogP contribution in [0, 0.1) is 0 Å². The molecule has 0 aliphatic rings. The molecule has 0 saturated heterocycles. The van der Waals surface area contributed by atoms with Crippen molar-refractivity contribution in [3.05, 3.63) is 0 Å². The third-order valence-electron chi connectivity index (χ3n) is 0.566. The summed E-state index contributed by atoms with van der Waals surface area (Å²) in [6, 6.07) is 0.143. The molecule has 0 unspecified atom stereocenters. The van der Waals surface area contributed by atoms with Crippen LogP contribution in [0.3, 0.4) is 0 Å². The van der Waals surface area contributed by atoms with E-state index in [4.69, 9.17) is 0 Å². The molecular weight excluding hydrogens is 138 g/mol. The van der Waals surface area contributed by atoms with Gasteiger partial charge in [0.05, 0.1) is 12.0 Å². The van der Waals surface area contributed by atoms with Crippen LogP contribution in [0.2, 0.25) is 0 Å². The summed E-state index contributed by atoms with van der Waals surface area (Å²) in [5.74, 6) is 0. The highest BCUT2D eigenvalue weighted by Crippen LogP contribution is 1.94. The number of hydrogen-bond acceptors (Lipinski definition) is 3. The Bertz CT molecular complexity index is 95.0. The molecule has 4 heteroatoms. The van der Waals surface area contributed by atoms with E-state index in [2.05, 4.69) is 9.50 Å². The number of nitrogens with one attached hydrogen (secondary N) is 1. The van der Waals surface area contributed by atoms with Gasteiger partial charge in [0.1, 0.15) is 0 Å². The van der Waals surface area contributed by atoms with E-state index in [1.54, 1.807) is 6.26 Å². The Morgan fingerprint density at radius 2 is 2.22 bits per heavy atom. The first-order chi connectivity index (χ1) is 4.16. The lowest BCUT2D eigenvalue weighted by molar-refractivity contribution is 0.206. The second-order valence-corrected chi connectivity index (χ2v) is 2.34. The average molecular weight is 149 g/mol. The van der Waals surface area contributed by atoms with Crippen LogP contribution in [0.1, 0.15) is 13.8 Å². The summed E-state index contributed by atoms with van der Waals surface area (Å²) < 4.78 is 4.52. The highest BCUT2D eigenvalue weighted by atomic mass is 32.2. The average Bonchev–Trinajstić information content (AvgIpc) is 1.63. The summed E-state index contributed by atoms with van der Waals surface area (Å²) in [5.41, 5.74) is 0. The van der Waals surface area contributed by atoms with E-state index in [1.165, 1.54) is 0 Å². The van der Waals surface area contributed by atoms with Crippen molar-refractivity contribution in [2.75, 3.05) is 6.26 Å². The van der Waals surface area contributed by atoms with Crippen molar-refractivity contribution in [2.45, 2.75) is 19.9 Å². The van der Waals surface area contributed by atoms with Crippen molar-refractivity contribution in [3.63, 3.8) is 0 Å². The summed E-state index contributed by atoms with van der Waals surface area (Å²) in [4.78, 5) is 10.5. The highest BCUT2D eigenvalue weighted by molar-refractivity contribution is 7.94. The summed E-state index contributed by atoms with van der Waals surface area (Å²) in [5, 5.41) is 2.56. The number of carbonyl (C=O) groups is 1. The zero-order valence-corrected chi connectivity index (χ0v) is 6.62. The van der Waals surface area contributed by atoms with Crippen molar-refractivity contribution >= 4 is 18.1 Å². The lowest BCUT2D eigenvalue weighted by Crippen LogP contribution is -2.29. The monoisotopic (exact) mass is 149 g/mol. The molecule has 0 bridgehead atoms. The lowest BCUT2D eigenvalue weighted by atomic mass is 10.4. The molecular formula is C5H11NO2S. The first-order valence-corrected chi connectivity index (χ1v) is 3.83. The predicted molar refractivity (Wildman–Crippen MR) is 38.3 cm³/mol. The van der Waals surface area contributed by atoms with Gasteiger partial charge in [-0.05, 0) is 13.8 Å². The Kier molecular flexibility index (Phi) is 4.30. The third-order valence-corrected chi connectivity index (χ3v) is 0.884. The van der Waals surface area contributed by atoms with Gasteiger partial charge in [-0.25, -0.2) is 4.79 Å². The largest absolute Gasteiger partial charge is 0.419 e. The SMILES string of the molecule is CSOC(=O)NC(C)C. The molecule has 0 radical (unpaired) electrons. The fraction of sp³-hybridized carbons (Fsp3) is 0.800. The number of amides is 1. The molecule has 0 atom stereocenters. The molecule has 0 aromatic rings. The van der Waals surface area contributed by atoms with Gasteiger partial charge in [-0.2, -0.15) is 0 Å². The Morgan fingerprint density at radius 3 is 2.56 bits per heavy atom. The van der Waals surface area contributed by atoms with Crippen LogP contribution in [0.15, 0.2) is 0 Å². The minimum Gasteiger partial charge on any atom is -0.375 e. The predicted octanol–water partition coefficient (Wildman–Crippen LogP) is 1.40. The highest BCUT2D eigenvalue weighted by Gasteiger charge is 2.00. The van der Waals surface area contributed by atoms with E-state index in [0.717, 1.165) is 12.0 Å². The van der Waals surface area contributed by atoms with E-state index in [1.807, 2.05) is 13.8 Å². The minimum atomic E-state index is -0.377. The molecule has 3 nitrogen and oxygen atoms in total. The first-order valence-electron chi connectivity index (χ1n) is 2.68. The molecule has 0 heterocycles. The fourth-order valence-electron chi connectivity index (χ4n) is 0.335. The van der Waals surface area contributed by atoms with E-state index < -0.39 is 0 Å². The molecule has 0 aliphatic carbocycles. The molecule has 0 aliphatic heterocycles. The van der Waals surface area contributed by atoms with E-state index >= 15 is 0 Å². The maximum atomic E-state index is 10.5. The maximum Gasteiger partial charge on any atom is 0.419 e. The smallest absolute Gasteiger partial charge is 0.375 e. The fourth-order valence-corrected chi connectivity index (χ4v) is 0.535. The number of carbonyl (C=O) groups excluding carboxylic acids is 1. The Balaban J connectivity index is 3.27. The normalized spacial score (nSPS) is 9.33. The topological polar surface area (TPSA) is 38.3 Å². The van der Waals surface area contributed by atoms with Crippen LogP contribution in [-0.4, -0.2) is 18.4 Å². The van der Waals surface area contributed by atoms with Gasteiger partial charge >= 0.3 is 6.09 Å². The van der Waals surface area contributed by atoms with Gasteiger partial charge in [-0.15, -0.1) is 0 Å². The van der Waals surface area contributed by atoms with Gasteiger partial charge < -0.3 is 9.50 Å². The number of rotatable bonds is 2. The Labute approximate surface area is 59.4 Å². The van der Waals surface area contributed by atoms with Crippen molar-refractivity contribution in [3.8, 4) is 0 Å². The van der Waals surface area contributed by atoms with Crippen LogP contribution >= 0.6 is 12.0 Å². The second kappa shape index (κ2) is 4.49. The number of hydrogen-bond donors (Lipinski definition) is 1. The van der Waals surface area contributed by atoms with E-state index in [-0.39, 0.29) is 12.1 Å². The van der Waals surface area contributed by atoms with Gasteiger partial charge in [0.15, 0.2) is 0 Å². The lowest BCUT2D eigenvalue weighted by Gasteiger charge is -2.05. The summed E-state index contributed by atoms with van der Waals surface area (Å²) in [6.45, 7) is 3.75. The standard InChI is InChI=1S/C5H11NO2S/c1-4(2)6-5(7)8-9-3/h4H,1-3H3,(H,6,7). The summed E-state index contributed by atoms with van der Waals surface area (Å²) in [7, 11) is 0. The Morgan fingerprint density at radius 1 is 1.67 bits per heavy atom. The van der Waals surface area contributed by atoms with Crippen LogP contribution in [0.25, 0.3) is 0 Å². The molecule has 0 aromatic heterocycles. The van der Waals surface area contributed by atoms with Crippen LogP contribution < -0.4 is 5.32 Å². The molecule has 1 amide bonds. The molecule has 0 rings (SSSR count). The molecule has 9 heavy (non-hydrogen) atoms. The Hall–Kier alpha value is -0.380. The zero-order valence-electron chi connectivity index (χ0n) is 5.80. The van der Waals surface area contributed by atoms with Gasteiger partial charge in [0.25, 0.3) is 0 Å². The van der Waals surface area contributed by atoms with E-state index in [9.17, 15) is 4.79 Å². The summed E-state index contributed by atoms with van der Waals surface area (Å²) >= 11 is 1.04. The summed E-state index contributed by atoms with van der Waals surface area (Å²) in [6.07, 6.45) is 1.32. The van der Waals surface area contributed by atoms with Gasteiger partial charge in [0.2, 0.25) is 0 Å². The van der Waals surface area contributed by atoms with Gasteiger partial charge in [-0.3, -0.25) is 0 Å². The van der Waals surface area contributed by atoms with Crippen molar-refractivity contribution in [2.24, 2.45) is 0 Å².